The third kappa shape index (κ3) is 5.71. The van der Waals surface area contributed by atoms with E-state index in [4.69, 9.17) is 14.7 Å². The predicted molar refractivity (Wildman–Crippen MR) is 161 cm³/mol. The highest BCUT2D eigenvalue weighted by Crippen LogP contribution is 2.30. The number of aromatic nitrogens is 2. The fourth-order valence-electron chi connectivity index (χ4n) is 4.76. The number of ether oxygens (including phenoxy) is 1. The summed E-state index contributed by atoms with van der Waals surface area (Å²) < 4.78 is 5.27. The Bertz CT molecular complexity index is 1630. The highest BCUT2D eigenvalue weighted by atomic mass is 16.5. The van der Waals surface area contributed by atoms with Crippen LogP contribution in [-0.4, -0.2) is 46.7 Å². The highest BCUT2D eigenvalue weighted by molar-refractivity contribution is 6.17. The summed E-state index contributed by atoms with van der Waals surface area (Å²) in [6, 6.07) is 24.9. The van der Waals surface area contributed by atoms with Crippen LogP contribution < -0.4 is 15.4 Å². The van der Waals surface area contributed by atoms with E-state index in [1.54, 1.807) is 19.2 Å². The van der Waals surface area contributed by atoms with Crippen molar-refractivity contribution in [2.75, 3.05) is 30.8 Å². The Morgan fingerprint density at radius 2 is 1.82 bits per heavy atom. The van der Waals surface area contributed by atoms with Gasteiger partial charge >= 0.3 is 0 Å². The van der Waals surface area contributed by atoms with E-state index < -0.39 is 0 Å². The maximum Gasteiger partial charge on any atom is 0.250 e. The number of para-hydroxylation sites is 1. The van der Waals surface area contributed by atoms with Crippen molar-refractivity contribution < 1.29 is 9.53 Å². The van der Waals surface area contributed by atoms with Gasteiger partial charge < -0.3 is 20.3 Å². The molecule has 3 N–H and O–H groups in total. The van der Waals surface area contributed by atoms with Crippen LogP contribution in [0.3, 0.4) is 0 Å². The monoisotopic (exact) mass is 532 g/mol. The first kappa shape index (κ1) is 26.6. The number of nitrogens with one attached hydrogen (secondary N) is 3. The average Bonchev–Trinajstić information content (AvgIpc) is 2.97. The van der Waals surface area contributed by atoms with E-state index in [0.29, 0.717) is 41.0 Å². The molecular weight excluding hydrogens is 500 g/mol. The smallest absolute Gasteiger partial charge is 0.250 e. The molecule has 0 fully saturated rings. The first-order valence-electron chi connectivity index (χ1n) is 13.3. The van der Waals surface area contributed by atoms with Gasteiger partial charge in [-0.05, 0) is 43.2 Å². The largest absolute Gasteiger partial charge is 0.497 e. The zero-order valence-corrected chi connectivity index (χ0v) is 22.9. The lowest BCUT2D eigenvalue weighted by Crippen LogP contribution is -2.38. The summed E-state index contributed by atoms with van der Waals surface area (Å²) in [5.74, 6) is 1.56. The lowest BCUT2D eigenvalue weighted by Gasteiger charge is -2.34. The van der Waals surface area contributed by atoms with E-state index in [0.717, 1.165) is 35.0 Å². The van der Waals surface area contributed by atoms with Gasteiger partial charge in [-0.1, -0.05) is 55.5 Å². The van der Waals surface area contributed by atoms with Crippen LogP contribution in [0.2, 0.25) is 0 Å². The standard InChI is InChI=1S/C32H32N6O2/c1-4-17-38-20-21(2)30(29(33)27(38)19-28(39)34-23-13-10-14-24(18-23)40-3)36-32-25-15-8-9-16-26(25)35-31(37-32)22-11-6-5-7-12-22/h5-16,18-19,33H,4,17,20H2,1-3H3,(H,34,39)(H,35,36,37)/b27-19+,33-29?. The SMILES string of the molecule is CCCN1CC(C)=C(Nc2nc(-c3ccccc3)nc3ccccc23)C(=N)/C1=C\C(=O)Nc1cccc(OC)c1. The van der Waals surface area contributed by atoms with E-state index >= 15 is 0 Å². The second-order valence-corrected chi connectivity index (χ2v) is 9.61. The minimum atomic E-state index is -0.313. The molecule has 0 atom stereocenters. The van der Waals surface area contributed by atoms with Gasteiger partial charge in [-0.25, -0.2) is 9.97 Å². The lowest BCUT2D eigenvalue weighted by atomic mass is 10.0. The summed E-state index contributed by atoms with van der Waals surface area (Å²) in [7, 11) is 1.59. The molecule has 0 saturated carbocycles. The van der Waals surface area contributed by atoms with Crippen molar-refractivity contribution >= 4 is 34.0 Å². The summed E-state index contributed by atoms with van der Waals surface area (Å²) in [6.45, 7) is 5.40. The summed E-state index contributed by atoms with van der Waals surface area (Å²) in [4.78, 5) is 24.8. The molecule has 1 aliphatic rings. The Morgan fingerprint density at radius 1 is 1.05 bits per heavy atom. The van der Waals surface area contributed by atoms with E-state index in [1.165, 1.54) is 6.08 Å². The maximum atomic E-state index is 13.1. The van der Waals surface area contributed by atoms with Gasteiger partial charge in [-0.2, -0.15) is 0 Å². The van der Waals surface area contributed by atoms with Crippen LogP contribution in [0.4, 0.5) is 11.5 Å². The van der Waals surface area contributed by atoms with Crippen molar-refractivity contribution in [2.45, 2.75) is 20.3 Å². The zero-order chi connectivity index (χ0) is 28.1. The van der Waals surface area contributed by atoms with Gasteiger partial charge in [0.05, 0.1) is 24.0 Å². The molecule has 1 amide bonds. The van der Waals surface area contributed by atoms with Crippen molar-refractivity contribution in [3.8, 4) is 17.1 Å². The fraction of sp³-hybridized carbons (Fsp3) is 0.188. The van der Waals surface area contributed by atoms with Crippen LogP contribution in [0.15, 0.2) is 102 Å². The minimum Gasteiger partial charge on any atom is -0.497 e. The van der Waals surface area contributed by atoms with Crippen LogP contribution in [-0.2, 0) is 4.79 Å². The van der Waals surface area contributed by atoms with E-state index in [2.05, 4.69) is 22.5 Å². The molecule has 0 radical (unpaired) electrons. The number of benzene rings is 3. The van der Waals surface area contributed by atoms with Crippen LogP contribution in [0.5, 0.6) is 5.75 Å². The second-order valence-electron chi connectivity index (χ2n) is 9.61. The third-order valence-electron chi connectivity index (χ3n) is 6.68. The summed E-state index contributed by atoms with van der Waals surface area (Å²) in [6.07, 6.45) is 2.38. The second kappa shape index (κ2) is 11.8. The zero-order valence-electron chi connectivity index (χ0n) is 22.9. The Kier molecular flexibility index (Phi) is 7.87. The van der Waals surface area contributed by atoms with E-state index in [1.807, 2.05) is 73.7 Å². The topological polar surface area (TPSA) is 103 Å². The average molecular weight is 533 g/mol. The summed E-state index contributed by atoms with van der Waals surface area (Å²) >= 11 is 0. The third-order valence-corrected chi connectivity index (χ3v) is 6.68. The maximum absolute atomic E-state index is 13.1. The Balaban J connectivity index is 1.50. The molecule has 1 aromatic heterocycles. The molecule has 3 aromatic carbocycles. The van der Waals surface area contributed by atoms with Crippen LogP contribution in [0, 0.1) is 5.41 Å². The Labute approximate surface area is 233 Å². The van der Waals surface area contributed by atoms with E-state index in [9.17, 15) is 10.2 Å². The highest BCUT2D eigenvalue weighted by Gasteiger charge is 2.27. The van der Waals surface area contributed by atoms with Gasteiger partial charge in [0.25, 0.3) is 5.91 Å². The van der Waals surface area contributed by atoms with Crippen LogP contribution in [0.1, 0.15) is 20.3 Å². The number of amides is 1. The number of rotatable bonds is 8. The molecule has 0 bridgehead atoms. The molecular formula is C32H32N6O2. The lowest BCUT2D eigenvalue weighted by molar-refractivity contribution is -0.112. The number of carbonyl (C=O) groups excluding carboxylic acids is 1. The molecule has 0 saturated heterocycles. The molecule has 8 nitrogen and oxygen atoms in total. The minimum absolute atomic E-state index is 0.238. The Morgan fingerprint density at radius 3 is 2.60 bits per heavy atom. The van der Waals surface area contributed by atoms with Gasteiger partial charge in [0.1, 0.15) is 17.3 Å². The molecule has 8 heteroatoms. The van der Waals surface area contributed by atoms with Gasteiger partial charge in [0.15, 0.2) is 5.82 Å². The number of hydrogen-bond donors (Lipinski definition) is 3. The normalized spacial score (nSPS) is 14.5. The van der Waals surface area contributed by atoms with Crippen LogP contribution >= 0.6 is 0 Å². The molecule has 40 heavy (non-hydrogen) atoms. The van der Waals surface area contributed by atoms with Crippen LogP contribution in [0.25, 0.3) is 22.3 Å². The van der Waals surface area contributed by atoms with Crippen molar-refractivity contribution in [2.24, 2.45) is 0 Å². The molecule has 4 aromatic rings. The van der Waals surface area contributed by atoms with Crippen molar-refractivity contribution in [1.82, 2.24) is 14.9 Å². The Hall–Kier alpha value is -4.98. The van der Waals surface area contributed by atoms with Crippen molar-refractivity contribution in [3.05, 3.63) is 102 Å². The van der Waals surface area contributed by atoms with E-state index in [-0.39, 0.29) is 11.6 Å². The fourth-order valence-corrected chi connectivity index (χ4v) is 4.76. The quantitative estimate of drug-likeness (QED) is 0.232. The number of anilines is 2. The molecule has 0 spiro atoms. The molecule has 1 aliphatic heterocycles. The van der Waals surface area contributed by atoms with Gasteiger partial charge in [-0.15, -0.1) is 0 Å². The molecule has 0 aliphatic carbocycles. The van der Waals surface area contributed by atoms with Crippen molar-refractivity contribution in [1.29, 1.82) is 5.41 Å². The molecule has 2 heterocycles. The number of carbonyl (C=O) groups is 1. The summed E-state index contributed by atoms with van der Waals surface area (Å²) in [5, 5.41) is 16.4. The molecule has 5 rings (SSSR count). The number of nitrogens with zero attached hydrogens (tertiary/aromatic N) is 3. The van der Waals surface area contributed by atoms with Gasteiger partial charge in [0, 0.05) is 41.9 Å². The molecule has 0 unspecified atom stereocenters. The first-order valence-corrected chi connectivity index (χ1v) is 13.3. The number of fused-ring (bicyclic) bond motifs is 1. The predicted octanol–water partition coefficient (Wildman–Crippen LogP) is 6.26. The first-order chi connectivity index (χ1) is 19.5. The van der Waals surface area contributed by atoms with Crippen molar-refractivity contribution in [3.63, 3.8) is 0 Å². The molecule has 202 valence electrons. The van der Waals surface area contributed by atoms with Gasteiger partial charge in [0.2, 0.25) is 0 Å². The number of methoxy groups -OCH3 is 1. The van der Waals surface area contributed by atoms with Gasteiger partial charge in [-0.3, -0.25) is 10.2 Å². The summed E-state index contributed by atoms with van der Waals surface area (Å²) in [5.41, 5.74) is 4.75. The number of hydrogen-bond acceptors (Lipinski definition) is 7.